The van der Waals surface area contributed by atoms with Gasteiger partial charge in [-0.3, -0.25) is 0 Å². The summed E-state index contributed by atoms with van der Waals surface area (Å²) in [7, 11) is 0. The summed E-state index contributed by atoms with van der Waals surface area (Å²) in [6.45, 7) is 1.12. The average molecular weight is 307 g/mol. The second-order valence-corrected chi connectivity index (χ2v) is 6.29. The molecule has 1 saturated heterocycles. The Hall–Kier alpha value is 0.200. The standard InChI is InChI=1S/C14H20Cl2O3/c15-5-11(6-16)17-7-12-8-18-14(19-12)13-4-9-1-2-10(13)3-9/h1-2,9-14H,3-8H2/t9-,10-,12+,13+,14-/m1/s1. The van der Waals surface area contributed by atoms with Gasteiger partial charge < -0.3 is 14.2 Å². The maximum absolute atomic E-state index is 5.97. The molecule has 0 unspecified atom stereocenters. The predicted octanol–water partition coefficient (Wildman–Crippen LogP) is 2.80. The minimum absolute atomic E-state index is 0.0158. The van der Waals surface area contributed by atoms with E-state index in [9.17, 15) is 0 Å². The number of allylic oxidation sites excluding steroid dienone is 2. The Morgan fingerprint density at radius 1 is 1.21 bits per heavy atom. The molecule has 5 heteroatoms. The van der Waals surface area contributed by atoms with Crippen molar-refractivity contribution in [3.8, 4) is 0 Å². The molecule has 108 valence electrons. The van der Waals surface area contributed by atoms with Crippen LogP contribution in [0.5, 0.6) is 0 Å². The molecule has 1 heterocycles. The second kappa shape index (κ2) is 6.31. The zero-order valence-electron chi connectivity index (χ0n) is 10.8. The summed E-state index contributed by atoms with van der Waals surface area (Å²) in [6, 6.07) is 0. The number of rotatable bonds is 6. The molecule has 3 aliphatic rings. The zero-order valence-corrected chi connectivity index (χ0v) is 12.4. The molecule has 2 aliphatic carbocycles. The summed E-state index contributed by atoms with van der Waals surface area (Å²) in [5.74, 6) is 2.74. The van der Waals surface area contributed by atoms with Crippen LogP contribution in [0.15, 0.2) is 12.2 Å². The van der Waals surface area contributed by atoms with Crippen LogP contribution in [-0.4, -0.2) is 43.5 Å². The van der Waals surface area contributed by atoms with E-state index >= 15 is 0 Å². The molecule has 0 radical (unpaired) electrons. The van der Waals surface area contributed by atoms with E-state index in [2.05, 4.69) is 12.2 Å². The van der Waals surface area contributed by atoms with Crippen LogP contribution in [0.1, 0.15) is 12.8 Å². The first-order valence-electron chi connectivity index (χ1n) is 6.99. The molecular formula is C14H20Cl2O3. The highest BCUT2D eigenvalue weighted by Crippen LogP contribution is 2.46. The van der Waals surface area contributed by atoms with Gasteiger partial charge >= 0.3 is 0 Å². The van der Waals surface area contributed by atoms with Crippen molar-refractivity contribution in [2.24, 2.45) is 17.8 Å². The van der Waals surface area contributed by atoms with Gasteiger partial charge in [-0.25, -0.2) is 0 Å². The van der Waals surface area contributed by atoms with E-state index in [0.717, 1.165) is 5.92 Å². The van der Waals surface area contributed by atoms with Crippen LogP contribution in [-0.2, 0) is 14.2 Å². The molecule has 0 spiro atoms. The highest BCUT2D eigenvalue weighted by atomic mass is 35.5. The minimum atomic E-state index is -0.101. The SMILES string of the molecule is ClCC(CCl)OC[C@H]1CO[C@@H]([C@H]2C[C@@H]3C=C[C@@H]2C3)O1. The molecule has 3 nitrogen and oxygen atoms in total. The lowest BCUT2D eigenvalue weighted by Crippen LogP contribution is -2.28. The van der Waals surface area contributed by atoms with Gasteiger partial charge in [-0.15, -0.1) is 23.2 Å². The van der Waals surface area contributed by atoms with Crippen molar-refractivity contribution in [2.45, 2.75) is 31.3 Å². The van der Waals surface area contributed by atoms with Gasteiger partial charge in [-0.05, 0) is 24.7 Å². The lowest BCUT2D eigenvalue weighted by atomic mass is 9.93. The summed E-state index contributed by atoms with van der Waals surface area (Å²) >= 11 is 11.5. The Bertz CT molecular complexity index is 333. The third-order valence-electron chi connectivity index (χ3n) is 4.31. The van der Waals surface area contributed by atoms with Gasteiger partial charge in [0.15, 0.2) is 6.29 Å². The predicted molar refractivity (Wildman–Crippen MR) is 74.6 cm³/mol. The first kappa shape index (κ1) is 14.2. The lowest BCUT2D eigenvalue weighted by molar-refractivity contribution is -0.113. The van der Waals surface area contributed by atoms with Crippen molar-refractivity contribution >= 4 is 23.2 Å². The van der Waals surface area contributed by atoms with E-state index in [1.807, 2.05) is 0 Å². The van der Waals surface area contributed by atoms with Crippen LogP contribution in [0.3, 0.4) is 0 Å². The molecule has 0 aromatic heterocycles. The van der Waals surface area contributed by atoms with Crippen LogP contribution in [0.4, 0.5) is 0 Å². The fraction of sp³-hybridized carbons (Fsp3) is 0.857. The first-order valence-corrected chi connectivity index (χ1v) is 8.06. The second-order valence-electron chi connectivity index (χ2n) is 5.67. The average Bonchev–Trinajstić information content (AvgIpc) is 3.15. The lowest BCUT2D eigenvalue weighted by Gasteiger charge is -2.24. The number of halogens is 2. The van der Waals surface area contributed by atoms with E-state index in [0.29, 0.717) is 36.8 Å². The normalized spacial score (nSPS) is 40.7. The van der Waals surface area contributed by atoms with E-state index < -0.39 is 0 Å². The highest BCUT2D eigenvalue weighted by Gasteiger charge is 2.44. The van der Waals surface area contributed by atoms with E-state index in [1.165, 1.54) is 12.8 Å². The van der Waals surface area contributed by atoms with Crippen LogP contribution in [0, 0.1) is 17.8 Å². The summed E-state index contributed by atoms with van der Waals surface area (Å²) in [5, 5.41) is 0. The molecule has 1 aliphatic heterocycles. The van der Waals surface area contributed by atoms with Crippen molar-refractivity contribution in [1.82, 2.24) is 0 Å². The molecule has 0 amide bonds. The molecule has 2 fully saturated rings. The zero-order chi connectivity index (χ0) is 13.2. The molecule has 0 N–H and O–H groups in total. The van der Waals surface area contributed by atoms with Gasteiger partial charge in [0.05, 0.1) is 19.3 Å². The van der Waals surface area contributed by atoms with Crippen LogP contribution in [0.2, 0.25) is 0 Å². The fourth-order valence-corrected chi connectivity index (χ4v) is 3.80. The summed E-state index contributed by atoms with van der Waals surface area (Å²) in [5.41, 5.74) is 0. The molecule has 3 rings (SSSR count). The Morgan fingerprint density at radius 3 is 2.68 bits per heavy atom. The van der Waals surface area contributed by atoms with Crippen molar-refractivity contribution in [2.75, 3.05) is 25.0 Å². The fourth-order valence-electron chi connectivity index (χ4n) is 3.29. The molecule has 0 aromatic carbocycles. The molecule has 5 atom stereocenters. The van der Waals surface area contributed by atoms with Crippen molar-refractivity contribution < 1.29 is 14.2 Å². The number of hydrogen-bond acceptors (Lipinski definition) is 3. The molecule has 19 heavy (non-hydrogen) atoms. The molecular weight excluding hydrogens is 287 g/mol. The number of alkyl halides is 2. The summed E-state index contributed by atoms with van der Waals surface area (Å²) in [4.78, 5) is 0. The minimum Gasteiger partial charge on any atom is -0.373 e. The smallest absolute Gasteiger partial charge is 0.161 e. The molecule has 1 saturated carbocycles. The van der Waals surface area contributed by atoms with Gasteiger partial charge in [-0.1, -0.05) is 12.2 Å². The Labute approximate surface area is 124 Å². The third-order valence-corrected chi connectivity index (χ3v) is 5.00. The number of hydrogen-bond donors (Lipinski definition) is 0. The van der Waals surface area contributed by atoms with Crippen LogP contribution >= 0.6 is 23.2 Å². The molecule has 2 bridgehead atoms. The van der Waals surface area contributed by atoms with Crippen molar-refractivity contribution in [3.63, 3.8) is 0 Å². The Kier molecular flexibility index (Phi) is 4.70. The molecule has 0 aromatic rings. The summed E-state index contributed by atoms with van der Waals surface area (Å²) < 4.78 is 17.4. The van der Waals surface area contributed by atoms with Gasteiger partial charge in [0.25, 0.3) is 0 Å². The van der Waals surface area contributed by atoms with E-state index in [1.54, 1.807) is 0 Å². The van der Waals surface area contributed by atoms with Crippen molar-refractivity contribution in [3.05, 3.63) is 12.2 Å². The quantitative estimate of drug-likeness (QED) is 0.558. The monoisotopic (exact) mass is 306 g/mol. The van der Waals surface area contributed by atoms with Crippen LogP contribution in [0.25, 0.3) is 0 Å². The summed E-state index contributed by atoms with van der Waals surface area (Å²) in [6.07, 6.45) is 6.99. The van der Waals surface area contributed by atoms with Crippen molar-refractivity contribution in [1.29, 1.82) is 0 Å². The largest absolute Gasteiger partial charge is 0.373 e. The van der Waals surface area contributed by atoms with E-state index in [-0.39, 0.29) is 18.5 Å². The van der Waals surface area contributed by atoms with Gasteiger partial charge in [-0.2, -0.15) is 0 Å². The van der Waals surface area contributed by atoms with Gasteiger partial charge in [0.1, 0.15) is 6.10 Å². The highest BCUT2D eigenvalue weighted by molar-refractivity contribution is 6.21. The maximum Gasteiger partial charge on any atom is 0.161 e. The first-order chi connectivity index (χ1) is 9.30. The topological polar surface area (TPSA) is 27.7 Å². The van der Waals surface area contributed by atoms with Crippen LogP contribution < -0.4 is 0 Å². The van der Waals surface area contributed by atoms with E-state index in [4.69, 9.17) is 37.4 Å². The van der Waals surface area contributed by atoms with Gasteiger partial charge in [0.2, 0.25) is 0 Å². The maximum atomic E-state index is 5.97. The number of fused-ring (bicyclic) bond motifs is 2. The number of ether oxygens (including phenoxy) is 3. The third kappa shape index (κ3) is 3.11. The Morgan fingerprint density at radius 2 is 2.05 bits per heavy atom. The Balaban J connectivity index is 1.44. The van der Waals surface area contributed by atoms with Gasteiger partial charge in [0, 0.05) is 17.7 Å².